The van der Waals surface area contributed by atoms with Crippen molar-refractivity contribution in [3.05, 3.63) is 52.6 Å². The molecule has 1 aromatic carbocycles. The molecule has 0 aliphatic carbocycles. The van der Waals surface area contributed by atoms with Crippen LogP contribution in [0.5, 0.6) is 0 Å². The van der Waals surface area contributed by atoms with Gasteiger partial charge in [0.05, 0.1) is 22.7 Å². The van der Waals surface area contributed by atoms with E-state index >= 15 is 0 Å². The van der Waals surface area contributed by atoms with E-state index in [-0.39, 0.29) is 23.7 Å². The van der Waals surface area contributed by atoms with Crippen LogP contribution in [0.2, 0.25) is 0 Å². The molecule has 1 atom stereocenters. The maximum absolute atomic E-state index is 14.1. The lowest BCUT2D eigenvalue weighted by Gasteiger charge is -2.26. The molecule has 3 heterocycles. The number of aryl methyl sites for hydroxylation is 1. The first kappa shape index (κ1) is 18.0. The predicted molar refractivity (Wildman–Crippen MR) is 103 cm³/mol. The van der Waals surface area contributed by atoms with Crippen molar-refractivity contribution in [2.24, 2.45) is 0 Å². The highest BCUT2D eigenvalue weighted by molar-refractivity contribution is 7.99. The van der Waals surface area contributed by atoms with Gasteiger partial charge in [-0.05, 0) is 37.0 Å². The topological polar surface area (TPSA) is 68.0 Å². The van der Waals surface area contributed by atoms with Crippen LogP contribution >= 0.6 is 11.8 Å². The first-order chi connectivity index (χ1) is 13.0. The third-order valence-corrected chi connectivity index (χ3v) is 5.96. The lowest BCUT2D eigenvalue weighted by Crippen LogP contribution is -2.31. The zero-order chi connectivity index (χ0) is 19.1. The fourth-order valence-corrected chi connectivity index (χ4v) is 4.50. The Bertz CT molecular complexity index is 1030. The Hall–Kier alpha value is -2.41. The summed E-state index contributed by atoms with van der Waals surface area (Å²) >= 11 is 1.49. The molecule has 1 N–H and O–H groups in total. The van der Waals surface area contributed by atoms with Gasteiger partial charge >= 0.3 is 0 Å². The van der Waals surface area contributed by atoms with Crippen LogP contribution in [0.3, 0.4) is 0 Å². The summed E-state index contributed by atoms with van der Waals surface area (Å²) in [4.78, 5) is 18.2. The summed E-state index contributed by atoms with van der Waals surface area (Å²) < 4.78 is 19.4. The number of hydrogen-bond donors (Lipinski definition) is 1. The largest absolute Gasteiger partial charge is 0.345 e. The zero-order valence-corrected chi connectivity index (χ0v) is 16.2. The molecule has 0 fully saturated rings. The number of carbonyl (C=O) groups is 1. The van der Waals surface area contributed by atoms with Crippen molar-refractivity contribution in [3.63, 3.8) is 0 Å². The van der Waals surface area contributed by atoms with Crippen LogP contribution in [0.1, 0.15) is 59.5 Å². The van der Waals surface area contributed by atoms with Crippen molar-refractivity contribution < 1.29 is 13.7 Å². The second-order valence-corrected chi connectivity index (χ2v) is 8.12. The summed E-state index contributed by atoms with van der Waals surface area (Å²) in [5.41, 5.74) is 3.10. The van der Waals surface area contributed by atoms with Crippen molar-refractivity contribution in [1.29, 1.82) is 0 Å². The number of hydrogen-bond acceptors (Lipinski definition) is 5. The lowest BCUT2D eigenvalue weighted by molar-refractivity contribution is 0.0936. The molecule has 0 radical (unpaired) electrons. The van der Waals surface area contributed by atoms with E-state index in [1.807, 2.05) is 19.9 Å². The number of nitrogens with zero attached hydrogens (tertiary/aromatic N) is 2. The number of benzene rings is 1. The van der Waals surface area contributed by atoms with Crippen molar-refractivity contribution >= 4 is 28.8 Å². The summed E-state index contributed by atoms with van der Waals surface area (Å²) in [6.07, 6.45) is 0.751. The van der Waals surface area contributed by atoms with E-state index in [2.05, 4.69) is 15.5 Å². The Balaban J connectivity index is 1.73. The smallest absolute Gasteiger partial charge is 0.259 e. The van der Waals surface area contributed by atoms with Gasteiger partial charge in [-0.3, -0.25) is 4.79 Å². The number of nitrogens with one attached hydrogen (secondary N) is 1. The Kier molecular flexibility index (Phi) is 4.63. The van der Waals surface area contributed by atoms with Crippen LogP contribution in [0.4, 0.5) is 4.39 Å². The number of rotatable bonds is 3. The molecule has 27 heavy (non-hydrogen) atoms. The highest BCUT2D eigenvalue weighted by atomic mass is 32.2. The van der Waals surface area contributed by atoms with Gasteiger partial charge in [0.2, 0.25) is 0 Å². The zero-order valence-electron chi connectivity index (χ0n) is 15.4. The Morgan fingerprint density at radius 1 is 1.41 bits per heavy atom. The van der Waals surface area contributed by atoms with Gasteiger partial charge in [0.1, 0.15) is 5.82 Å². The summed E-state index contributed by atoms with van der Waals surface area (Å²) in [6, 6.07) is 6.59. The molecule has 1 aliphatic rings. The molecule has 3 aromatic rings. The van der Waals surface area contributed by atoms with E-state index in [0.29, 0.717) is 27.3 Å². The molecule has 1 aliphatic heterocycles. The minimum atomic E-state index is -0.236. The molecule has 0 saturated heterocycles. The number of amides is 1. The van der Waals surface area contributed by atoms with Crippen LogP contribution < -0.4 is 5.32 Å². The van der Waals surface area contributed by atoms with Crippen molar-refractivity contribution in [2.75, 3.05) is 5.75 Å². The third-order valence-electron chi connectivity index (χ3n) is 4.80. The quantitative estimate of drug-likeness (QED) is 0.704. The van der Waals surface area contributed by atoms with E-state index < -0.39 is 0 Å². The molecule has 0 bridgehead atoms. The second kappa shape index (κ2) is 6.96. The number of aromatic nitrogens is 2. The molecule has 2 aromatic heterocycles. The normalized spacial score (nSPS) is 16.6. The predicted octanol–water partition coefficient (Wildman–Crippen LogP) is 4.76. The molecule has 5 nitrogen and oxygen atoms in total. The van der Waals surface area contributed by atoms with Crippen LogP contribution in [0, 0.1) is 12.7 Å². The van der Waals surface area contributed by atoms with Crippen LogP contribution in [-0.2, 0) is 0 Å². The number of halogens is 1. The van der Waals surface area contributed by atoms with Crippen molar-refractivity contribution in [3.8, 4) is 0 Å². The van der Waals surface area contributed by atoms with Gasteiger partial charge in [0.25, 0.3) is 11.6 Å². The molecular formula is C20H20FN3O2S. The number of thioether (sulfide) groups is 1. The van der Waals surface area contributed by atoms with Gasteiger partial charge in [-0.15, -0.1) is 11.8 Å². The number of fused-ring (bicyclic) bond motifs is 2. The fourth-order valence-electron chi connectivity index (χ4n) is 3.36. The summed E-state index contributed by atoms with van der Waals surface area (Å²) in [6.45, 7) is 5.81. The molecule has 4 rings (SSSR count). The van der Waals surface area contributed by atoms with Gasteiger partial charge < -0.3 is 9.84 Å². The summed E-state index contributed by atoms with van der Waals surface area (Å²) in [5.74, 6) is 0.448. The minimum absolute atomic E-state index is 0.146. The van der Waals surface area contributed by atoms with Crippen LogP contribution in [0.25, 0.3) is 11.1 Å². The van der Waals surface area contributed by atoms with Crippen LogP contribution in [0.15, 0.2) is 33.7 Å². The number of carbonyl (C=O) groups excluding carboxylic acids is 1. The van der Waals surface area contributed by atoms with Crippen molar-refractivity contribution in [1.82, 2.24) is 15.5 Å². The average Bonchev–Trinajstić information content (AvgIpc) is 3.03. The molecule has 1 amide bonds. The van der Waals surface area contributed by atoms with Crippen LogP contribution in [-0.4, -0.2) is 21.8 Å². The Labute approximate surface area is 160 Å². The summed E-state index contributed by atoms with van der Waals surface area (Å²) in [5, 5.41) is 7.67. The number of pyridine rings is 1. The van der Waals surface area contributed by atoms with Crippen molar-refractivity contribution in [2.45, 2.75) is 44.0 Å². The molecule has 0 saturated carbocycles. The maximum atomic E-state index is 14.1. The first-order valence-electron chi connectivity index (χ1n) is 8.94. The fraction of sp³-hybridized carbons (Fsp3) is 0.350. The van der Waals surface area contributed by atoms with Gasteiger partial charge in [0, 0.05) is 16.3 Å². The van der Waals surface area contributed by atoms with Gasteiger partial charge in [-0.25, -0.2) is 9.37 Å². The highest BCUT2D eigenvalue weighted by Crippen LogP contribution is 2.38. The van der Waals surface area contributed by atoms with Gasteiger partial charge in [0.15, 0.2) is 0 Å². The third kappa shape index (κ3) is 3.20. The van der Waals surface area contributed by atoms with Gasteiger partial charge in [-0.1, -0.05) is 31.1 Å². The van der Waals surface area contributed by atoms with E-state index in [9.17, 15) is 9.18 Å². The van der Waals surface area contributed by atoms with E-state index in [1.165, 1.54) is 17.8 Å². The Morgan fingerprint density at radius 2 is 2.22 bits per heavy atom. The molecular weight excluding hydrogens is 365 g/mol. The molecule has 1 unspecified atom stereocenters. The lowest BCUT2D eigenvalue weighted by atomic mass is 10.0. The molecule has 0 spiro atoms. The van der Waals surface area contributed by atoms with E-state index in [0.717, 1.165) is 23.4 Å². The first-order valence-corrected chi connectivity index (χ1v) is 9.93. The van der Waals surface area contributed by atoms with Gasteiger partial charge in [-0.2, -0.15) is 0 Å². The summed E-state index contributed by atoms with van der Waals surface area (Å²) in [7, 11) is 0. The second-order valence-electron chi connectivity index (χ2n) is 7.02. The van der Waals surface area contributed by atoms with E-state index in [1.54, 1.807) is 19.1 Å². The molecule has 7 heteroatoms. The monoisotopic (exact) mass is 385 g/mol. The highest BCUT2D eigenvalue weighted by Gasteiger charge is 2.27. The standard InChI is InChI=1S/C20H20FN3O2S/c1-10(2)16-9-13(17-11(3)24-26-20(17)23-16)19(25)22-15-7-8-27-18-12(15)5-4-6-14(18)21/h4-6,9-10,15H,7-8H2,1-3H3,(H,22,25). The molecule has 140 valence electrons. The SMILES string of the molecule is Cc1noc2nc(C(C)C)cc(C(=O)NC3CCSc4c(F)cccc43)c12. The Morgan fingerprint density at radius 3 is 3.00 bits per heavy atom. The minimum Gasteiger partial charge on any atom is -0.345 e. The maximum Gasteiger partial charge on any atom is 0.259 e. The average molecular weight is 385 g/mol. The van der Waals surface area contributed by atoms with E-state index in [4.69, 9.17) is 4.52 Å².